The van der Waals surface area contributed by atoms with Gasteiger partial charge in [0, 0.05) is 44.7 Å². The van der Waals surface area contributed by atoms with Crippen LogP contribution in [-0.2, 0) is 17.8 Å². The highest BCUT2D eigenvalue weighted by molar-refractivity contribution is 5.98. The zero-order valence-electron chi connectivity index (χ0n) is 22.2. The first kappa shape index (κ1) is 25.7. The zero-order valence-corrected chi connectivity index (χ0v) is 22.2. The number of ketones is 1. The van der Waals surface area contributed by atoms with Crippen molar-refractivity contribution in [1.82, 2.24) is 14.9 Å². The van der Waals surface area contributed by atoms with E-state index in [0.29, 0.717) is 57.1 Å². The first-order valence-electron chi connectivity index (χ1n) is 13.1. The molecule has 5 rings (SSSR count). The molecule has 0 radical (unpaired) electrons. The molecule has 0 N–H and O–H groups in total. The van der Waals surface area contributed by atoms with E-state index >= 15 is 0 Å². The van der Waals surface area contributed by atoms with Crippen molar-refractivity contribution in [3.63, 3.8) is 0 Å². The Morgan fingerprint density at radius 1 is 0.974 bits per heavy atom. The van der Waals surface area contributed by atoms with E-state index in [1.165, 1.54) is 0 Å². The fourth-order valence-corrected chi connectivity index (χ4v) is 4.91. The number of Topliss-reactive ketones (excluding diaryl/α,β-unsaturated/α-hetero) is 1. The van der Waals surface area contributed by atoms with Gasteiger partial charge in [0.25, 0.3) is 0 Å². The van der Waals surface area contributed by atoms with Gasteiger partial charge in [-0.25, -0.2) is 14.8 Å². The number of amides is 1. The zero-order chi connectivity index (χ0) is 26.7. The number of carbonyl (C=O) groups is 2. The van der Waals surface area contributed by atoms with E-state index in [2.05, 4.69) is 9.88 Å². The second kappa shape index (κ2) is 10.8. The van der Waals surface area contributed by atoms with E-state index in [1.807, 2.05) is 75.4 Å². The molecule has 3 aromatic rings. The summed E-state index contributed by atoms with van der Waals surface area (Å²) in [5.74, 6) is 1.42. The molecule has 2 heterocycles. The molecule has 1 unspecified atom stereocenters. The second-order valence-corrected chi connectivity index (χ2v) is 10.8. The van der Waals surface area contributed by atoms with Gasteiger partial charge >= 0.3 is 6.09 Å². The Balaban J connectivity index is 1.28. The smallest absolute Gasteiger partial charge is 0.410 e. The van der Waals surface area contributed by atoms with Crippen molar-refractivity contribution in [3.8, 4) is 5.75 Å². The quantitative estimate of drug-likeness (QED) is 0.472. The lowest BCUT2D eigenvalue weighted by atomic mass is 9.82. The van der Waals surface area contributed by atoms with E-state index in [4.69, 9.17) is 14.5 Å². The van der Waals surface area contributed by atoms with Crippen LogP contribution < -0.4 is 9.64 Å². The number of piperazine rings is 1. The van der Waals surface area contributed by atoms with Gasteiger partial charge in [-0.15, -0.1) is 0 Å². The summed E-state index contributed by atoms with van der Waals surface area (Å²) in [4.78, 5) is 38.6. The summed E-state index contributed by atoms with van der Waals surface area (Å²) in [6.45, 7) is 8.33. The predicted octanol–water partition coefficient (Wildman–Crippen LogP) is 5.03. The molecular formula is C30H34N4O4. The molecule has 1 fully saturated rings. The van der Waals surface area contributed by atoms with Crippen LogP contribution >= 0.6 is 0 Å². The monoisotopic (exact) mass is 514 g/mol. The highest BCUT2D eigenvalue weighted by Crippen LogP contribution is 2.37. The third-order valence-corrected chi connectivity index (χ3v) is 6.84. The molecule has 0 bridgehead atoms. The molecule has 8 heteroatoms. The van der Waals surface area contributed by atoms with Crippen LogP contribution in [0.25, 0.3) is 0 Å². The van der Waals surface area contributed by atoms with Crippen LogP contribution in [0.5, 0.6) is 5.75 Å². The molecule has 1 atom stereocenters. The molecule has 2 aliphatic rings. The number of aromatic nitrogens is 2. The summed E-state index contributed by atoms with van der Waals surface area (Å²) >= 11 is 0. The summed E-state index contributed by atoms with van der Waals surface area (Å²) in [6.07, 6.45) is 2.40. The van der Waals surface area contributed by atoms with Crippen molar-refractivity contribution >= 4 is 17.8 Å². The molecule has 1 aliphatic carbocycles. The summed E-state index contributed by atoms with van der Waals surface area (Å²) in [7, 11) is 0. The number of para-hydroxylation sites is 1. The Morgan fingerprint density at radius 2 is 1.68 bits per heavy atom. The Labute approximate surface area is 223 Å². The van der Waals surface area contributed by atoms with Gasteiger partial charge in [-0.1, -0.05) is 48.5 Å². The van der Waals surface area contributed by atoms with Gasteiger partial charge in [-0.05, 0) is 44.4 Å². The number of carbonyl (C=O) groups excluding carboxylic acids is 2. The Bertz CT molecular complexity index is 1300. The van der Waals surface area contributed by atoms with Gasteiger partial charge < -0.3 is 19.3 Å². The number of benzene rings is 2. The van der Waals surface area contributed by atoms with Crippen LogP contribution in [0.3, 0.4) is 0 Å². The van der Waals surface area contributed by atoms with Gasteiger partial charge in [0.15, 0.2) is 5.78 Å². The Hall–Kier alpha value is -3.94. The molecule has 1 amide bonds. The predicted molar refractivity (Wildman–Crippen MR) is 145 cm³/mol. The first-order chi connectivity index (χ1) is 18.3. The largest absolute Gasteiger partial charge is 0.489 e. The van der Waals surface area contributed by atoms with Crippen LogP contribution in [0.1, 0.15) is 60.3 Å². The molecule has 8 nitrogen and oxygen atoms in total. The van der Waals surface area contributed by atoms with E-state index in [-0.39, 0.29) is 17.8 Å². The molecular weight excluding hydrogens is 480 g/mol. The SMILES string of the molecule is CC(C)(C)OC(=O)N1CCN(c2ncc3c(n2)CC(c2ccccc2OCc2ccccc2)CC3=O)CC1. The maximum absolute atomic E-state index is 13.1. The minimum Gasteiger partial charge on any atom is -0.489 e. The van der Waals surface area contributed by atoms with Gasteiger partial charge in [0.05, 0.1) is 11.3 Å². The van der Waals surface area contributed by atoms with Crippen molar-refractivity contribution in [2.45, 2.75) is 51.7 Å². The van der Waals surface area contributed by atoms with Gasteiger partial charge in [-0.2, -0.15) is 0 Å². The molecule has 1 saturated heterocycles. The third-order valence-electron chi connectivity index (χ3n) is 6.84. The topological polar surface area (TPSA) is 84.9 Å². The van der Waals surface area contributed by atoms with Gasteiger partial charge in [0.1, 0.15) is 18.0 Å². The third kappa shape index (κ3) is 5.96. The lowest BCUT2D eigenvalue weighted by molar-refractivity contribution is 0.0240. The van der Waals surface area contributed by atoms with Crippen molar-refractivity contribution in [3.05, 3.63) is 83.2 Å². The fourth-order valence-electron chi connectivity index (χ4n) is 4.91. The number of hydrogen-bond acceptors (Lipinski definition) is 7. The van der Waals surface area contributed by atoms with Crippen LogP contribution in [-0.4, -0.2) is 58.5 Å². The van der Waals surface area contributed by atoms with E-state index in [9.17, 15) is 9.59 Å². The lowest BCUT2D eigenvalue weighted by Crippen LogP contribution is -2.50. The number of nitrogens with zero attached hydrogens (tertiary/aromatic N) is 4. The number of rotatable bonds is 5. The fraction of sp³-hybridized carbons (Fsp3) is 0.400. The van der Waals surface area contributed by atoms with E-state index in [0.717, 1.165) is 22.6 Å². The van der Waals surface area contributed by atoms with Gasteiger partial charge in [-0.3, -0.25) is 4.79 Å². The standard InChI is InChI=1S/C30H34N4O4/c1-30(2,3)38-29(36)34-15-13-33(14-16-34)28-31-19-24-25(32-28)17-22(18-26(24)35)23-11-7-8-12-27(23)37-20-21-9-5-4-6-10-21/h4-12,19,22H,13-18,20H2,1-3H3. The Morgan fingerprint density at radius 3 is 2.42 bits per heavy atom. The first-order valence-corrected chi connectivity index (χ1v) is 13.1. The van der Waals surface area contributed by atoms with E-state index < -0.39 is 5.60 Å². The Kier molecular flexibility index (Phi) is 7.31. The lowest BCUT2D eigenvalue weighted by Gasteiger charge is -2.36. The van der Waals surface area contributed by atoms with Crippen LogP contribution in [0, 0.1) is 0 Å². The minimum atomic E-state index is -0.524. The average molecular weight is 515 g/mol. The number of anilines is 1. The average Bonchev–Trinajstić information content (AvgIpc) is 2.91. The van der Waals surface area contributed by atoms with Crippen LogP contribution in [0.15, 0.2) is 60.8 Å². The minimum absolute atomic E-state index is 0.0197. The summed E-state index contributed by atoms with van der Waals surface area (Å²) in [6, 6.07) is 18.0. The second-order valence-electron chi connectivity index (χ2n) is 10.8. The maximum atomic E-state index is 13.1. The van der Waals surface area contributed by atoms with Gasteiger partial charge in [0.2, 0.25) is 5.95 Å². The summed E-state index contributed by atoms with van der Waals surface area (Å²) < 4.78 is 11.7. The summed E-state index contributed by atoms with van der Waals surface area (Å²) in [5, 5.41) is 0. The molecule has 0 spiro atoms. The van der Waals surface area contributed by atoms with Crippen LogP contribution in [0.4, 0.5) is 10.7 Å². The summed E-state index contributed by atoms with van der Waals surface area (Å²) in [5.41, 5.74) is 2.96. The van der Waals surface area contributed by atoms with E-state index in [1.54, 1.807) is 11.1 Å². The molecule has 1 aromatic heterocycles. The normalized spacial score (nSPS) is 17.7. The molecule has 38 heavy (non-hydrogen) atoms. The highest BCUT2D eigenvalue weighted by atomic mass is 16.6. The van der Waals surface area contributed by atoms with Crippen molar-refractivity contribution in [2.75, 3.05) is 31.1 Å². The highest BCUT2D eigenvalue weighted by Gasteiger charge is 2.31. The molecule has 2 aromatic carbocycles. The van der Waals surface area contributed by atoms with Crippen molar-refractivity contribution in [2.24, 2.45) is 0 Å². The number of ether oxygens (including phenoxy) is 2. The molecule has 198 valence electrons. The number of fused-ring (bicyclic) bond motifs is 1. The van der Waals surface area contributed by atoms with Crippen LogP contribution in [0.2, 0.25) is 0 Å². The molecule has 0 saturated carbocycles. The number of hydrogen-bond donors (Lipinski definition) is 0. The van der Waals surface area contributed by atoms with Crippen molar-refractivity contribution < 1.29 is 19.1 Å². The molecule has 1 aliphatic heterocycles. The maximum Gasteiger partial charge on any atom is 0.410 e. The van der Waals surface area contributed by atoms with Crippen molar-refractivity contribution in [1.29, 1.82) is 0 Å².